The molecule has 6 heteroatoms. The van der Waals surface area contributed by atoms with Crippen molar-refractivity contribution >= 4 is 23.0 Å². The summed E-state index contributed by atoms with van der Waals surface area (Å²) in [7, 11) is 0. The van der Waals surface area contributed by atoms with Crippen LogP contribution in [0.2, 0.25) is 0 Å². The van der Waals surface area contributed by atoms with Gasteiger partial charge in [0.1, 0.15) is 18.0 Å². The standard InChI is InChI=1S/C12H17N5S/c1-2-4-13-11-6-12(16-8-15-11)14-5-3-10-7-18-9-17-10/h6-9H,2-5H2,1H3,(H2,13,14,15,16). The Morgan fingerprint density at radius 2 is 1.89 bits per heavy atom. The topological polar surface area (TPSA) is 62.7 Å². The SMILES string of the molecule is CCCNc1cc(NCCc2cscn2)ncn1. The first-order valence-electron chi connectivity index (χ1n) is 6.05. The molecule has 0 fully saturated rings. The second-order valence-corrected chi connectivity index (χ2v) is 4.59. The molecule has 0 bridgehead atoms. The van der Waals surface area contributed by atoms with E-state index in [1.54, 1.807) is 17.7 Å². The molecule has 18 heavy (non-hydrogen) atoms. The van der Waals surface area contributed by atoms with Crippen LogP contribution in [0.3, 0.4) is 0 Å². The number of nitrogens with one attached hydrogen (secondary N) is 2. The highest BCUT2D eigenvalue weighted by atomic mass is 32.1. The number of nitrogens with zero attached hydrogens (tertiary/aromatic N) is 3. The fourth-order valence-corrected chi connectivity index (χ4v) is 2.08. The average molecular weight is 263 g/mol. The minimum atomic E-state index is 0.827. The normalized spacial score (nSPS) is 10.3. The molecule has 0 aromatic carbocycles. The van der Waals surface area contributed by atoms with E-state index >= 15 is 0 Å². The largest absolute Gasteiger partial charge is 0.370 e. The number of hydrogen-bond donors (Lipinski definition) is 2. The molecular weight excluding hydrogens is 246 g/mol. The van der Waals surface area contributed by atoms with Gasteiger partial charge in [-0.05, 0) is 6.42 Å². The van der Waals surface area contributed by atoms with Gasteiger partial charge < -0.3 is 10.6 Å². The number of thiazole rings is 1. The van der Waals surface area contributed by atoms with Gasteiger partial charge in [0.15, 0.2) is 0 Å². The minimum absolute atomic E-state index is 0.827. The molecule has 2 N–H and O–H groups in total. The van der Waals surface area contributed by atoms with E-state index in [0.717, 1.165) is 43.3 Å². The third kappa shape index (κ3) is 3.96. The molecule has 0 spiro atoms. The molecule has 2 aromatic rings. The van der Waals surface area contributed by atoms with Gasteiger partial charge in [0.05, 0.1) is 11.2 Å². The van der Waals surface area contributed by atoms with Crippen LogP contribution in [0.1, 0.15) is 19.0 Å². The smallest absolute Gasteiger partial charge is 0.131 e. The Bertz CT molecular complexity index is 457. The summed E-state index contributed by atoms with van der Waals surface area (Å²) >= 11 is 1.62. The minimum Gasteiger partial charge on any atom is -0.370 e. The summed E-state index contributed by atoms with van der Waals surface area (Å²) in [5.41, 5.74) is 2.97. The van der Waals surface area contributed by atoms with E-state index in [1.807, 2.05) is 11.6 Å². The van der Waals surface area contributed by atoms with Crippen LogP contribution in [0.25, 0.3) is 0 Å². The van der Waals surface area contributed by atoms with Crippen molar-refractivity contribution in [1.29, 1.82) is 0 Å². The van der Waals surface area contributed by atoms with E-state index in [1.165, 1.54) is 0 Å². The monoisotopic (exact) mass is 263 g/mol. The van der Waals surface area contributed by atoms with Crippen molar-refractivity contribution in [2.75, 3.05) is 23.7 Å². The predicted octanol–water partition coefficient (Wildman–Crippen LogP) is 2.41. The van der Waals surface area contributed by atoms with Gasteiger partial charge in [-0.15, -0.1) is 11.3 Å². The van der Waals surface area contributed by atoms with Crippen molar-refractivity contribution in [3.8, 4) is 0 Å². The molecular formula is C12H17N5S. The van der Waals surface area contributed by atoms with Gasteiger partial charge in [-0.2, -0.15) is 0 Å². The Morgan fingerprint density at radius 3 is 2.56 bits per heavy atom. The summed E-state index contributed by atoms with van der Waals surface area (Å²) in [6.07, 6.45) is 3.56. The Labute approximate surface area is 111 Å². The van der Waals surface area contributed by atoms with Crippen LogP contribution in [0.15, 0.2) is 23.3 Å². The predicted molar refractivity (Wildman–Crippen MR) is 75.1 cm³/mol. The molecule has 2 rings (SSSR count). The van der Waals surface area contributed by atoms with Crippen LogP contribution in [0.5, 0.6) is 0 Å². The first-order chi connectivity index (χ1) is 8.88. The zero-order valence-electron chi connectivity index (χ0n) is 10.4. The van der Waals surface area contributed by atoms with E-state index in [0.29, 0.717) is 0 Å². The second kappa shape index (κ2) is 6.90. The highest BCUT2D eigenvalue weighted by Crippen LogP contribution is 2.09. The molecule has 0 atom stereocenters. The summed E-state index contributed by atoms with van der Waals surface area (Å²) in [5, 5.41) is 8.58. The lowest BCUT2D eigenvalue weighted by molar-refractivity contribution is 0.952. The van der Waals surface area contributed by atoms with Crippen molar-refractivity contribution in [1.82, 2.24) is 15.0 Å². The van der Waals surface area contributed by atoms with Gasteiger partial charge in [-0.3, -0.25) is 0 Å². The summed E-state index contributed by atoms with van der Waals surface area (Å²) in [5.74, 6) is 1.71. The molecule has 2 aromatic heterocycles. The van der Waals surface area contributed by atoms with Gasteiger partial charge in [-0.1, -0.05) is 6.92 Å². The maximum absolute atomic E-state index is 4.24. The number of hydrogen-bond acceptors (Lipinski definition) is 6. The summed E-state index contributed by atoms with van der Waals surface area (Å²) in [4.78, 5) is 12.6. The molecule has 5 nitrogen and oxygen atoms in total. The van der Waals surface area contributed by atoms with Crippen molar-refractivity contribution in [3.05, 3.63) is 29.0 Å². The lowest BCUT2D eigenvalue weighted by Gasteiger charge is -2.07. The van der Waals surface area contributed by atoms with Gasteiger partial charge >= 0.3 is 0 Å². The maximum Gasteiger partial charge on any atom is 0.131 e. The average Bonchev–Trinajstić information content (AvgIpc) is 2.90. The zero-order chi connectivity index (χ0) is 12.6. The van der Waals surface area contributed by atoms with Crippen molar-refractivity contribution in [3.63, 3.8) is 0 Å². The highest BCUT2D eigenvalue weighted by Gasteiger charge is 1.99. The molecule has 0 radical (unpaired) electrons. The van der Waals surface area contributed by atoms with Crippen LogP contribution in [-0.4, -0.2) is 28.0 Å². The lowest BCUT2D eigenvalue weighted by Crippen LogP contribution is -2.08. The lowest BCUT2D eigenvalue weighted by atomic mass is 10.3. The van der Waals surface area contributed by atoms with Crippen LogP contribution < -0.4 is 10.6 Å². The maximum atomic E-state index is 4.24. The van der Waals surface area contributed by atoms with Gasteiger partial charge in [0.25, 0.3) is 0 Å². The van der Waals surface area contributed by atoms with E-state index in [2.05, 4.69) is 37.9 Å². The van der Waals surface area contributed by atoms with Crippen LogP contribution in [0.4, 0.5) is 11.6 Å². The van der Waals surface area contributed by atoms with Gasteiger partial charge in [-0.25, -0.2) is 15.0 Å². The molecule has 0 aliphatic rings. The Morgan fingerprint density at radius 1 is 1.11 bits per heavy atom. The Hall–Kier alpha value is -1.69. The summed E-state index contributed by atoms with van der Waals surface area (Å²) in [6, 6.07) is 1.93. The van der Waals surface area contributed by atoms with E-state index in [-0.39, 0.29) is 0 Å². The Kier molecular flexibility index (Phi) is 4.89. The number of aromatic nitrogens is 3. The zero-order valence-corrected chi connectivity index (χ0v) is 11.2. The van der Waals surface area contributed by atoms with Crippen molar-refractivity contribution in [2.24, 2.45) is 0 Å². The fourth-order valence-electron chi connectivity index (χ4n) is 1.48. The fraction of sp³-hybridized carbons (Fsp3) is 0.417. The number of anilines is 2. The highest BCUT2D eigenvalue weighted by molar-refractivity contribution is 7.07. The van der Waals surface area contributed by atoms with Gasteiger partial charge in [0, 0.05) is 31.0 Å². The first kappa shape index (κ1) is 12.8. The first-order valence-corrected chi connectivity index (χ1v) is 6.99. The van der Waals surface area contributed by atoms with Crippen LogP contribution in [0, 0.1) is 0 Å². The quantitative estimate of drug-likeness (QED) is 0.803. The van der Waals surface area contributed by atoms with E-state index in [4.69, 9.17) is 0 Å². The number of rotatable bonds is 7. The summed E-state index contributed by atoms with van der Waals surface area (Å²) in [6.45, 7) is 3.88. The van der Waals surface area contributed by atoms with Crippen LogP contribution in [-0.2, 0) is 6.42 Å². The second-order valence-electron chi connectivity index (χ2n) is 3.87. The van der Waals surface area contributed by atoms with E-state index < -0.39 is 0 Å². The molecule has 0 aliphatic heterocycles. The Balaban J connectivity index is 1.81. The van der Waals surface area contributed by atoms with Crippen molar-refractivity contribution < 1.29 is 0 Å². The molecule has 0 saturated carbocycles. The van der Waals surface area contributed by atoms with Crippen LogP contribution >= 0.6 is 11.3 Å². The van der Waals surface area contributed by atoms with Crippen molar-refractivity contribution in [2.45, 2.75) is 19.8 Å². The third-order valence-electron chi connectivity index (χ3n) is 2.39. The van der Waals surface area contributed by atoms with E-state index in [9.17, 15) is 0 Å². The molecule has 2 heterocycles. The molecule has 0 amide bonds. The third-order valence-corrected chi connectivity index (χ3v) is 3.03. The molecule has 0 aliphatic carbocycles. The van der Waals surface area contributed by atoms with Gasteiger partial charge in [0.2, 0.25) is 0 Å². The summed E-state index contributed by atoms with van der Waals surface area (Å²) < 4.78 is 0. The molecule has 96 valence electrons. The molecule has 0 unspecified atom stereocenters. The molecule has 0 saturated heterocycles.